The molecule has 2 aromatic carbocycles. The molecule has 3 rings (SSSR count). The lowest BCUT2D eigenvalue weighted by atomic mass is 9.98. The number of nitrogens with zero attached hydrogens (tertiary/aromatic N) is 2. The highest BCUT2D eigenvalue weighted by atomic mass is 16.2. The molecule has 0 unspecified atom stereocenters. The Morgan fingerprint density at radius 1 is 0.879 bits per heavy atom. The third kappa shape index (κ3) is 7.69. The predicted molar refractivity (Wildman–Crippen MR) is 133 cm³/mol. The fraction of sp³-hybridized carbons (Fsp3) is 0.481. The van der Waals surface area contributed by atoms with E-state index in [0.29, 0.717) is 6.54 Å². The zero-order valence-electron chi connectivity index (χ0n) is 20.4. The fourth-order valence-electron chi connectivity index (χ4n) is 4.28. The molecule has 33 heavy (non-hydrogen) atoms. The molecule has 1 saturated heterocycles. The maximum absolute atomic E-state index is 13.3. The van der Waals surface area contributed by atoms with E-state index >= 15 is 0 Å². The van der Waals surface area contributed by atoms with Crippen molar-refractivity contribution in [2.45, 2.75) is 51.7 Å². The van der Waals surface area contributed by atoms with Crippen LogP contribution in [-0.4, -0.2) is 65.9 Å². The highest BCUT2D eigenvalue weighted by molar-refractivity contribution is 5.82. The minimum atomic E-state index is -0.247. The summed E-state index contributed by atoms with van der Waals surface area (Å²) in [5.41, 5.74) is 1.91. The van der Waals surface area contributed by atoms with E-state index in [9.17, 15) is 9.59 Å². The molecule has 0 bridgehead atoms. The van der Waals surface area contributed by atoms with Crippen LogP contribution in [0.5, 0.6) is 0 Å². The highest BCUT2D eigenvalue weighted by Gasteiger charge is 2.27. The second-order valence-corrected chi connectivity index (χ2v) is 9.90. The molecule has 6 nitrogen and oxygen atoms in total. The summed E-state index contributed by atoms with van der Waals surface area (Å²) >= 11 is 0. The van der Waals surface area contributed by atoms with Gasteiger partial charge in [-0.2, -0.15) is 0 Å². The van der Waals surface area contributed by atoms with Gasteiger partial charge in [0.05, 0.1) is 18.6 Å². The van der Waals surface area contributed by atoms with Crippen molar-refractivity contribution < 1.29 is 9.59 Å². The summed E-state index contributed by atoms with van der Waals surface area (Å²) in [5, 5.41) is 6.31. The van der Waals surface area contributed by atoms with Crippen molar-refractivity contribution in [1.82, 2.24) is 20.4 Å². The van der Waals surface area contributed by atoms with Crippen LogP contribution >= 0.6 is 0 Å². The normalized spacial score (nSPS) is 16.8. The number of hydrogen-bond acceptors (Lipinski definition) is 4. The zero-order valence-corrected chi connectivity index (χ0v) is 20.4. The average molecular weight is 451 g/mol. The predicted octanol–water partition coefficient (Wildman–Crippen LogP) is 3.20. The SMILES string of the molecule is C[C@H](C(=O)NC(c1ccccc1)c1ccccc1)N1CCCN(CC(=O)NC(C)(C)C)CC1. The van der Waals surface area contributed by atoms with E-state index in [0.717, 1.165) is 43.7 Å². The minimum Gasteiger partial charge on any atom is -0.350 e. The van der Waals surface area contributed by atoms with Gasteiger partial charge in [-0.3, -0.25) is 19.4 Å². The van der Waals surface area contributed by atoms with Crippen LogP contribution in [0.1, 0.15) is 51.3 Å². The van der Waals surface area contributed by atoms with Crippen molar-refractivity contribution in [3.63, 3.8) is 0 Å². The summed E-state index contributed by atoms with van der Waals surface area (Å²) in [6, 6.07) is 19.7. The summed E-state index contributed by atoms with van der Waals surface area (Å²) in [7, 11) is 0. The van der Waals surface area contributed by atoms with Crippen molar-refractivity contribution >= 4 is 11.8 Å². The van der Waals surface area contributed by atoms with Gasteiger partial charge in [0, 0.05) is 25.2 Å². The Balaban J connectivity index is 1.61. The molecule has 0 radical (unpaired) electrons. The van der Waals surface area contributed by atoms with Gasteiger partial charge in [0.1, 0.15) is 0 Å². The molecule has 1 fully saturated rings. The molecule has 0 aliphatic carbocycles. The molecule has 2 N–H and O–H groups in total. The van der Waals surface area contributed by atoms with Gasteiger partial charge in [-0.25, -0.2) is 0 Å². The van der Waals surface area contributed by atoms with Gasteiger partial charge in [0.25, 0.3) is 0 Å². The van der Waals surface area contributed by atoms with E-state index in [2.05, 4.69) is 44.7 Å². The molecule has 1 atom stereocenters. The molecule has 2 amide bonds. The molecule has 1 aliphatic heterocycles. The first kappa shape index (κ1) is 24.9. The number of amides is 2. The van der Waals surface area contributed by atoms with Crippen molar-refractivity contribution in [1.29, 1.82) is 0 Å². The number of carbonyl (C=O) groups excluding carboxylic acids is 2. The molecule has 6 heteroatoms. The van der Waals surface area contributed by atoms with Gasteiger partial charge >= 0.3 is 0 Å². The van der Waals surface area contributed by atoms with Crippen molar-refractivity contribution in [3.8, 4) is 0 Å². The molecule has 0 spiro atoms. The molecular formula is C27H38N4O2. The Kier molecular flexibility index (Phi) is 8.64. The van der Waals surface area contributed by atoms with Crippen LogP contribution in [0.15, 0.2) is 60.7 Å². The van der Waals surface area contributed by atoms with Crippen molar-refractivity contribution in [3.05, 3.63) is 71.8 Å². The highest BCUT2D eigenvalue weighted by Crippen LogP contribution is 2.22. The maximum Gasteiger partial charge on any atom is 0.237 e. The third-order valence-corrected chi connectivity index (χ3v) is 5.98. The van der Waals surface area contributed by atoms with Crippen LogP contribution in [0.2, 0.25) is 0 Å². The third-order valence-electron chi connectivity index (χ3n) is 5.98. The molecular weight excluding hydrogens is 412 g/mol. The number of hydrogen-bond donors (Lipinski definition) is 2. The second kappa shape index (κ2) is 11.4. The Morgan fingerprint density at radius 2 is 1.45 bits per heavy atom. The van der Waals surface area contributed by atoms with Gasteiger partial charge in [-0.15, -0.1) is 0 Å². The lowest BCUT2D eigenvalue weighted by Gasteiger charge is -2.29. The van der Waals surface area contributed by atoms with Crippen LogP contribution in [0.25, 0.3) is 0 Å². The Hall–Kier alpha value is -2.70. The van der Waals surface area contributed by atoms with Crippen LogP contribution in [0.3, 0.4) is 0 Å². The first-order valence-corrected chi connectivity index (χ1v) is 11.9. The maximum atomic E-state index is 13.3. The second-order valence-electron chi connectivity index (χ2n) is 9.90. The monoisotopic (exact) mass is 450 g/mol. The quantitative estimate of drug-likeness (QED) is 0.680. The molecule has 0 saturated carbocycles. The summed E-state index contributed by atoms with van der Waals surface area (Å²) in [4.78, 5) is 30.0. The Labute approximate surface area is 198 Å². The minimum absolute atomic E-state index is 0.0200. The van der Waals surface area contributed by atoms with Gasteiger partial charge < -0.3 is 10.6 Å². The molecule has 178 valence electrons. The summed E-state index contributed by atoms with van der Waals surface area (Å²) in [6.07, 6.45) is 0.932. The zero-order chi connectivity index (χ0) is 23.8. The standard InChI is InChI=1S/C27H38N4O2/c1-21(31-17-11-16-30(18-19-31)20-24(32)29-27(2,3)4)26(33)28-25(22-12-7-5-8-13-22)23-14-9-6-10-15-23/h5-10,12-15,21,25H,11,16-20H2,1-4H3,(H,28,33)(H,29,32)/t21-/m1/s1. The van der Waals surface area contributed by atoms with Crippen molar-refractivity contribution in [2.24, 2.45) is 0 Å². The van der Waals surface area contributed by atoms with Crippen LogP contribution in [0.4, 0.5) is 0 Å². The van der Waals surface area contributed by atoms with E-state index in [1.165, 1.54) is 0 Å². The van der Waals surface area contributed by atoms with Gasteiger partial charge in [0.2, 0.25) is 11.8 Å². The average Bonchev–Trinajstić information content (AvgIpc) is 3.02. The molecule has 0 aromatic heterocycles. The topological polar surface area (TPSA) is 64.7 Å². The van der Waals surface area contributed by atoms with Gasteiger partial charge in [-0.1, -0.05) is 60.7 Å². The summed E-state index contributed by atoms with van der Waals surface area (Å²) in [5.74, 6) is 0.0712. The lowest BCUT2D eigenvalue weighted by Crippen LogP contribution is -2.48. The van der Waals surface area contributed by atoms with Crippen LogP contribution < -0.4 is 10.6 Å². The van der Waals surface area contributed by atoms with E-state index in [1.807, 2.05) is 64.1 Å². The van der Waals surface area contributed by atoms with E-state index in [-0.39, 0.29) is 29.4 Å². The summed E-state index contributed by atoms with van der Waals surface area (Å²) < 4.78 is 0. The first-order valence-electron chi connectivity index (χ1n) is 11.9. The van der Waals surface area contributed by atoms with E-state index in [4.69, 9.17) is 0 Å². The van der Waals surface area contributed by atoms with Crippen LogP contribution in [-0.2, 0) is 9.59 Å². The molecule has 1 aliphatic rings. The fourth-order valence-corrected chi connectivity index (χ4v) is 4.28. The number of benzene rings is 2. The largest absolute Gasteiger partial charge is 0.350 e. The lowest BCUT2D eigenvalue weighted by molar-refractivity contribution is -0.126. The van der Waals surface area contributed by atoms with E-state index < -0.39 is 0 Å². The smallest absolute Gasteiger partial charge is 0.237 e. The number of rotatable bonds is 7. The number of carbonyl (C=O) groups is 2. The van der Waals surface area contributed by atoms with Gasteiger partial charge in [-0.05, 0) is 51.8 Å². The molecule has 1 heterocycles. The molecule has 2 aromatic rings. The number of nitrogens with one attached hydrogen (secondary N) is 2. The Morgan fingerprint density at radius 3 is 2.00 bits per heavy atom. The van der Waals surface area contributed by atoms with Gasteiger partial charge in [0.15, 0.2) is 0 Å². The first-order chi connectivity index (χ1) is 15.7. The van der Waals surface area contributed by atoms with Crippen LogP contribution in [0, 0.1) is 0 Å². The summed E-state index contributed by atoms with van der Waals surface area (Å²) in [6.45, 7) is 11.6. The van der Waals surface area contributed by atoms with E-state index in [1.54, 1.807) is 0 Å². The van der Waals surface area contributed by atoms with Crippen molar-refractivity contribution in [2.75, 3.05) is 32.7 Å². The Bertz CT molecular complexity index is 856.